The Kier molecular flexibility index (Phi) is 8.29. The Labute approximate surface area is 214 Å². The summed E-state index contributed by atoms with van der Waals surface area (Å²) in [6.07, 6.45) is -1.04. The minimum atomic E-state index is -4.54. The Bertz CT molecular complexity index is 1310. The van der Waals surface area contributed by atoms with Crippen molar-refractivity contribution in [3.8, 4) is 0 Å². The van der Waals surface area contributed by atoms with Gasteiger partial charge in [0, 0.05) is 56.4 Å². The first kappa shape index (κ1) is 27.8. The molecule has 0 spiro atoms. The molecule has 11 heteroatoms. The number of hydrazine groups is 1. The van der Waals surface area contributed by atoms with Gasteiger partial charge in [0.1, 0.15) is 0 Å². The molecule has 1 heterocycles. The number of hydrogen-bond acceptors (Lipinski definition) is 6. The van der Waals surface area contributed by atoms with Crippen LogP contribution in [-0.2, 0) is 19.8 Å². The summed E-state index contributed by atoms with van der Waals surface area (Å²) >= 11 is 0. The van der Waals surface area contributed by atoms with E-state index in [0.29, 0.717) is 11.3 Å². The SMILES string of the molecule is CNCc1cc(NC(=O)c2ccc(C)c(N(N)/C=C(/c3cnn(C)c3C)N(C)C)c2)cc(C(F)(F)F)c1. The number of nitrogens with one attached hydrogen (secondary N) is 2. The van der Waals surface area contributed by atoms with E-state index in [1.54, 1.807) is 42.3 Å². The zero-order valence-corrected chi connectivity index (χ0v) is 21.7. The lowest BCUT2D eigenvalue weighted by Crippen LogP contribution is -2.28. The number of alkyl halides is 3. The summed E-state index contributed by atoms with van der Waals surface area (Å²) < 4.78 is 41.9. The zero-order chi connectivity index (χ0) is 27.5. The normalized spacial score (nSPS) is 12.0. The smallest absolute Gasteiger partial charge is 0.376 e. The lowest BCUT2D eigenvalue weighted by molar-refractivity contribution is -0.137. The summed E-state index contributed by atoms with van der Waals surface area (Å²) in [6.45, 7) is 4.03. The number of carbonyl (C=O) groups is 1. The maximum absolute atomic E-state index is 13.4. The first-order chi connectivity index (χ1) is 17.3. The molecule has 0 aliphatic rings. The molecule has 3 aromatic rings. The summed E-state index contributed by atoms with van der Waals surface area (Å²) in [5.74, 6) is 5.86. The second kappa shape index (κ2) is 11.1. The molecule has 8 nitrogen and oxygen atoms in total. The molecule has 0 aliphatic heterocycles. The average Bonchev–Trinajstić information content (AvgIpc) is 3.14. The van der Waals surface area contributed by atoms with Crippen LogP contribution in [0.4, 0.5) is 24.5 Å². The summed E-state index contributed by atoms with van der Waals surface area (Å²) in [6, 6.07) is 8.43. The van der Waals surface area contributed by atoms with Gasteiger partial charge in [-0.3, -0.25) is 14.5 Å². The highest BCUT2D eigenvalue weighted by Crippen LogP contribution is 2.32. The number of benzene rings is 2. The van der Waals surface area contributed by atoms with Crippen LogP contribution in [-0.4, -0.2) is 41.7 Å². The molecule has 0 atom stereocenters. The third kappa shape index (κ3) is 6.49. The molecule has 198 valence electrons. The lowest BCUT2D eigenvalue weighted by atomic mass is 10.1. The second-order valence-electron chi connectivity index (χ2n) is 8.99. The number of halogens is 3. The Balaban J connectivity index is 1.93. The van der Waals surface area contributed by atoms with E-state index in [4.69, 9.17) is 5.84 Å². The fourth-order valence-electron chi connectivity index (χ4n) is 3.84. The predicted octanol–water partition coefficient (Wildman–Crippen LogP) is 4.27. The summed E-state index contributed by atoms with van der Waals surface area (Å²) in [5.41, 5.74) is 3.91. The third-order valence-electron chi connectivity index (χ3n) is 5.96. The van der Waals surface area contributed by atoms with Gasteiger partial charge in [-0.2, -0.15) is 18.3 Å². The van der Waals surface area contributed by atoms with Crippen molar-refractivity contribution in [3.63, 3.8) is 0 Å². The number of anilines is 2. The molecule has 2 aromatic carbocycles. The number of nitrogens with two attached hydrogens (primary N) is 1. The van der Waals surface area contributed by atoms with Gasteiger partial charge >= 0.3 is 6.18 Å². The number of amides is 1. The minimum Gasteiger partial charge on any atom is -0.376 e. The maximum Gasteiger partial charge on any atom is 0.416 e. The highest BCUT2D eigenvalue weighted by Gasteiger charge is 2.31. The van der Waals surface area contributed by atoms with Gasteiger partial charge in [0.25, 0.3) is 5.91 Å². The van der Waals surface area contributed by atoms with E-state index in [-0.39, 0.29) is 17.8 Å². The molecule has 1 aromatic heterocycles. The van der Waals surface area contributed by atoms with Gasteiger partial charge in [0.05, 0.1) is 23.1 Å². The van der Waals surface area contributed by atoms with Gasteiger partial charge < -0.3 is 15.5 Å². The van der Waals surface area contributed by atoms with Gasteiger partial charge in [0.2, 0.25) is 0 Å². The van der Waals surface area contributed by atoms with Crippen LogP contribution in [0.3, 0.4) is 0 Å². The van der Waals surface area contributed by atoms with E-state index in [2.05, 4.69) is 15.7 Å². The molecule has 0 aliphatic carbocycles. The number of aryl methyl sites for hydroxylation is 2. The van der Waals surface area contributed by atoms with E-state index in [1.807, 2.05) is 39.9 Å². The van der Waals surface area contributed by atoms with Crippen molar-refractivity contribution in [1.82, 2.24) is 20.0 Å². The highest BCUT2D eigenvalue weighted by atomic mass is 19.4. The molecule has 1 amide bonds. The number of nitrogens with zero attached hydrogens (tertiary/aromatic N) is 4. The minimum absolute atomic E-state index is 0.0543. The molecule has 0 fully saturated rings. The van der Waals surface area contributed by atoms with Crippen LogP contribution >= 0.6 is 0 Å². The van der Waals surface area contributed by atoms with Crippen molar-refractivity contribution in [2.45, 2.75) is 26.6 Å². The van der Waals surface area contributed by atoms with Crippen molar-refractivity contribution in [3.05, 3.63) is 82.3 Å². The lowest BCUT2D eigenvalue weighted by Gasteiger charge is -2.23. The molecule has 0 saturated heterocycles. The van der Waals surface area contributed by atoms with Crippen LogP contribution in [0, 0.1) is 13.8 Å². The van der Waals surface area contributed by atoms with Crippen LogP contribution in [0.1, 0.15) is 38.3 Å². The molecule has 0 saturated carbocycles. The third-order valence-corrected chi connectivity index (χ3v) is 5.96. The van der Waals surface area contributed by atoms with Gasteiger partial charge in [-0.25, -0.2) is 5.84 Å². The topological polar surface area (TPSA) is 91.5 Å². The fourth-order valence-corrected chi connectivity index (χ4v) is 3.84. The average molecular weight is 516 g/mol. The molecule has 0 radical (unpaired) electrons. The largest absolute Gasteiger partial charge is 0.416 e. The molecule has 0 unspecified atom stereocenters. The first-order valence-electron chi connectivity index (χ1n) is 11.5. The van der Waals surface area contributed by atoms with E-state index < -0.39 is 17.6 Å². The van der Waals surface area contributed by atoms with Gasteiger partial charge in [0.15, 0.2) is 0 Å². The molecule has 0 bridgehead atoms. The number of rotatable bonds is 8. The standard InChI is InChI=1S/C26H32F3N7O/c1-16-7-8-19(25(37)33-21-10-18(13-31-3)9-20(12-21)26(27,28)29)11-23(16)36(30)15-24(34(4)5)22-14-32-35(6)17(22)2/h7-12,14-15,31H,13,30H2,1-6H3,(H,33,37)/b24-15-. The van der Waals surface area contributed by atoms with Crippen molar-refractivity contribution < 1.29 is 18.0 Å². The Morgan fingerprint density at radius 1 is 1.16 bits per heavy atom. The first-order valence-corrected chi connectivity index (χ1v) is 11.5. The van der Waals surface area contributed by atoms with E-state index >= 15 is 0 Å². The fraction of sp³-hybridized carbons (Fsp3) is 0.308. The maximum atomic E-state index is 13.4. The summed E-state index contributed by atoms with van der Waals surface area (Å²) in [5, 5.41) is 11.1. The monoisotopic (exact) mass is 515 g/mol. The van der Waals surface area contributed by atoms with Crippen LogP contribution in [0.25, 0.3) is 5.70 Å². The molecular weight excluding hydrogens is 483 g/mol. The molecular formula is C26H32F3N7O. The predicted molar refractivity (Wildman–Crippen MR) is 140 cm³/mol. The van der Waals surface area contributed by atoms with E-state index in [1.165, 1.54) is 11.1 Å². The van der Waals surface area contributed by atoms with Gasteiger partial charge in [-0.1, -0.05) is 6.07 Å². The van der Waals surface area contributed by atoms with Crippen LogP contribution in [0.5, 0.6) is 0 Å². The Hall–Kier alpha value is -3.83. The van der Waals surface area contributed by atoms with Gasteiger partial charge in [-0.05, 0) is 62.4 Å². The number of carbonyl (C=O) groups excluding carboxylic acids is 1. The van der Waals surface area contributed by atoms with Crippen molar-refractivity contribution in [1.29, 1.82) is 0 Å². The van der Waals surface area contributed by atoms with Crippen molar-refractivity contribution in [2.24, 2.45) is 12.9 Å². The Morgan fingerprint density at radius 3 is 2.43 bits per heavy atom. The number of aromatic nitrogens is 2. The highest BCUT2D eigenvalue weighted by molar-refractivity contribution is 6.05. The van der Waals surface area contributed by atoms with Crippen LogP contribution in [0.2, 0.25) is 0 Å². The summed E-state index contributed by atoms with van der Waals surface area (Å²) in [7, 11) is 7.27. The molecule has 3 rings (SSSR count). The van der Waals surface area contributed by atoms with Crippen LogP contribution in [0.15, 0.2) is 48.8 Å². The molecule has 37 heavy (non-hydrogen) atoms. The van der Waals surface area contributed by atoms with Crippen molar-refractivity contribution in [2.75, 3.05) is 31.5 Å². The van der Waals surface area contributed by atoms with Crippen molar-refractivity contribution >= 4 is 23.0 Å². The molecule has 4 N–H and O–H groups in total. The van der Waals surface area contributed by atoms with Crippen LogP contribution < -0.4 is 21.5 Å². The summed E-state index contributed by atoms with van der Waals surface area (Å²) in [4.78, 5) is 14.9. The zero-order valence-electron chi connectivity index (χ0n) is 21.7. The quantitative estimate of drug-likeness (QED) is 0.307. The Morgan fingerprint density at radius 2 is 1.86 bits per heavy atom. The second-order valence-corrected chi connectivity index (χ2v) is 8.99. The van der Waals surface area contributed by atoms with E-state index in [0.717, 1.165) is 34.7 Å². The van der Waals surface area contributed by atoms with E-state index in [9.17, 15) is 18.0 Å². The number of hydrogen-bond donors (Lipinski definition) is 3. The van der Waals surface area contributed by atoms with Gasteiger partial charge in [-0.15, -0.1) is 0 Å².